The summed E-state index contributed by atoms with van der Waals surface area (Å²) in [5, 5.41) is 11.9. The molecule has 3 N–H and O–H groups in total. The van der Waals surface area contributed by atoms with Crippen LogP contribution >= 0.6 is 7.37 Å². The Labute approximate surface area is 183 Å². The van der Waals surface area contributed by atoms with Crippen molar-refractivity contribution in [2.75, 3.05) is 18.9 Å². The SMILES string of the molecule is CCCC[C@H](NC(=O)[C@H]1CCCN1C(=O)CCP(=O)(O)CCc1ccccc1)C(=O)O. The number of aryl methyl sites for hydroxylation is 1. The van der Waals surface area contributed by atoms with Crippen LogP contribution in [0, 0.1) is 0 Å². The third kappa shape index (κ3) is 8.11. The molecule has 1 saturated heterocycles. The average Bonchev–Trinajstić information content (AvgIpc) is 3.24. The minimum atomic E-state index is -3.47. The van der Waals surface area contributed by atoms with Gasteiger partial charge in [-0.2, -0.15) is 0 Å². The number of carboxylic acid groups (broad SMARTS) is 1. The number of hydrogen-bond donors (Lipinski definition) is 3. The number of nitrogens with one attached hydrogen (secondary N) is 1. The van der Waals surface area contributed by atoms with Gasteiger partial charge in [0, 0.05) is 25.3 Å². The summed E-state index contributed by atoms with van der Waals surface area (Å²) in [7, 11) is -3.47. The van der Waals surface area contributed by atoms with Gasteiger partial charge in [-0.05, 0) is 31.2 Å². The summed E-state index contributed by atoms with van der Waals surface area (Å²) in [4.78, 5) is 48.4. The molecule has 1 aromatic carbocycles. The fraction of sp³-hybridized carbons (Fsp3) is 0.591. The third-order valence-corrected chi connectivity index (χ3v) is 7.45. The summed E-state index contributed by atoms with van der Waals surface area (Å²) in [5.41, 5.74) is 0.968. The smallest absolute Gasteiger partial charge is 0.326 e. The molecular formula is C22H33N2O6P. The van der Waals surface area contributed by atoms with Gasteiger partial charge in [0.2, 0.25) is 19.2 Å². The van der Waals surface area contributed by atoms with E-state index in [0.717, 1.165) is 12.0 Å². The Balaban J connectivity index is 1.87. The van der Waals surface area contributed by atoms with Crippen molar-refractivity contribution in [3.63, 3.8) is 0 Å². The number of benzene rings is 1. The van der Waals surface area contributed by atoms with Gasteiger partial charge < -0.3 is 20.2 Å². The zero-order chi connectivity index (χ0) is 22.9. The van der Waals surface area contributed by atoms with E-state index < -0.39 is 31.3 Å². The number of carbonyl (C=O) groups is 3. The number of amides is 2. The topological polar surface area (TPSA) is 124 Å². The quantitative estimate of drug-likeness (QED) is 0.419. The van der Waals surface area contributed by atoms with E-state index in [4.69, 9.17) is 0 Å². The van der Waals surface area contributed by atoms with Crippen LogP contribution in [0.3, 0.4) is 0 Å². The molecule has 0 spiro atoms. The maximum absolute atomic E-state index is 12.7. The zero-order valence-electron chi connectivity index (χ0n) is 18.0. The maximum atomic E-state index is 12.7. The van der Waals surface area contributed by atoms with Gasteiger partial charge in [0.1, 0.15) is 12.1 Å². The second-order valence-electron chi connectivity index (χ2n) is 8.07. The normalized spacial score (nSPS) is 18.9. The van der Waals surface area contributed by atoms with Crippen molar-refractivity contribution in [3.8, 4) is 0 Å². The van der Waals surface area contributed by atoms with Gasteiger partial charge in [0.25, 0.3) is 0 Å². The van der Waals surface area contributed by atoms with Crippen LogP contribution < -0.4 is 5.32 Å². The van der Waals surface area contributed by atoms with Crippen molar-refractivity contribution in [3.05, 3.63) is 35.9 Å². The Hall–Kier alpha value is -2.18. The lowest BCUT2D eigenvalue weighted by Gasteiger charge is -2.26. The molecule has 0 aliphatic carbocycles. The first-order valence-corrected chi connectivity index (χ1v) is 12.9. The molecule has 1 unspecified atom stereocenters. The van der Waals surface area contributed by atoms with Crippen LogP contribution in [0.1, 0.15) is 51.0 Å². The third-order valence-electron chi connectivity index (χ3n) is 5.60. The maximum Gasteiger partial charge on any atom is 0.326 e. The van der Waals surface area contributed by atoms with E-state index in [2.05, 4.69) is 5.32 Å². The van der Waals surface area contributed by atoms with Crippen LogP contribution in [-0.2, 0) is 25.4 Å². The Bertz CT molecular complexity index is 800. The largest absolute Gasteiger partial charge is 0.480 e. The van der Waals surface area contributed by atoms with Crippen LogP contribution in [0.15, 0.2) is 30.3 Å². The fourth-order valence-corrected chi connectivity index (χ4v) is 5.12. The average molecular weight is 452 g/mol. The minimum absolute atomic E-state index is 0.103. The molecule has 31 heavy (non-hydrogen) atoms. The van der Waals surface area contributed by atoms with E-state index in [9.17, 15) is 28.9 Å². The highest BCUT2D eigenvalue weighted by Crippen LogP contribution is 2.42. The molecule has 1 aliphatic heterocycles. The Morgan fingerprint density at radius 3 is 2.58 bits per heavy atom. The summed E-state index contributed by atoms with van der Waals surface area (Å²) in [6.07, 6.45) is 3.27. The van der Waals surface area contributed by atoms with Crippen LogP contribution in [0.4, 0.5) is 0 Å². The Morgan fingerprint density at radius 1 is 1.23 bits per heavy atom. The van der Waals surface area contributed by atoms with Gasteiger partial charge in [-0.1, -0.05) is 50.1 Å². The summed E-state index contributed by atoms with van der Waals surface area (Å²) in [6, 6.07) is 7.71. The van der Waals surface area contributed by atoms with E-state index in [0.29, 0.717) is 38.6 Å². The summed E-state index contributed by atoms with van der Waals surface area (Å²) in [5.74, 6) is -1.89. The number of likely N-dealkylation sites (tertiary alicyclic amines) is 1. The summed E-state index contributed by atoms with van der Waals surface area (Å²) >= 11 is 0. The van der Waals surface area contributed by atoms with E-state index in [1.807, 2.05) is 37.3 Å². The highest BCUT2D eigenvalue weighted by Gasteiger charge is 2.36. The Morgan fingerprint density at radius 2 is 1.94 bits per heavy atom. The first kappa shape index (κ1) is 25.1. The van der Waals surface area contributed by atoms with E-state index >= 15 is 0 Å². The van der Waals surface area contributed by atoms with Crippen molar-refractivity contribution < 1.29 is 28.9 Å². The summed E-state index contributed by atoms with van der Waals surface area (Å²) in [6.45, 7) is 2.33. The molecule has 1 aliphatic rings. The molecule has 3 atom stereocenters. The predicted octanol–water partition coefficient (Wildman–Crippen LogP) is 2.64. The van der Waals surface area contributed by atoms with Crippen LogP contribution in [0.2, 0.25) is 0 Å². The number of aliphatic carboxylic acids is 1. The number of nitrogens with zero attached hydrogens (tertiary/aromatic N) is 1. The van der Waals surface area contributed by atoms with Crippen molar-refractivity contribution in [1.29, 1.82) is 0 Å². The number of hydrogen-bond acceptors (Lipinski definition) is 4. The van der Waals surface area contributed by atoms with Crippen molar-refractivity contribution in [2.45, 2.75) is 64.0 Å². The first-order chi connectivity index (χ1) is 14.7. The molecule has 172 valence electrons. The van der Waals surface area contributed by atoms with E-state index in [1.165, 1.54) is 4.90 Å². The summed E-state index contributed by atoms with van der Waals surface area (Å²) < 4.78 is 12.5. The predicted molar refractivity (Wildman–Crippen MR) is 118 cm³/mol. The molecule has 0 aromatic heterocycles. The van der Waals surface area contributed by atoms with Gasteiger partial charge in [0.15, 0.2) is 0 Å². The lowest BCUT2D eigenvalue weighted by molar-refractivity contribution is -0.144. The number of carboxylic acids is 1. The molecule has 8 nitrogen and oxygen atoms in total. The number of carbonyl (C=O) groups excluding carboxylic acids is 2. The molecule has 1 heterocycles. The molecule has 9 heteroatoms. The highest BCUT2D eigenvalue weighted by atomic mass is 31.2. The van der Waals surface area contributed by atoms with Gasteiger partial charge in [0.05, 0.1) is 0 Å². The second kappa shape index (κ2) is 12.0. The number of unbranched alkanes of at least 4 members (excludes halogenated alkanes) is 1. The molecule has 2 rings (SSSR count). The van der Waals surface area contributed by atoms with Gasteiger partial charge in [-0.15, -0.1) is 0 Å². The molecule has 0 radical (unpaired) electrons. The van der Waals surface area contributed by atoms with Crippen LogP contribution in [0.25, 0.3) is 0 Å². The highest BCUT2D eigenvalue weighted by molar-refractivity contribution is 7.58. The Kier molecular flexibility index (Phi) is 9.72. The fourth-order valence-electron chi connectivity index (χ4n) is 3.75. The van der Waals surface area contributed by atoms with E-state index in [1.54, 1.807) is 0 Å². The lowest BCUT2D eigenvalue weighted by atomic mass is 10.1. The lowest BCUT2D eigenvalue weighted by Crippen LogP contribution is -2.50. The molecule has 2 amide bonds. The monoisotopic (exact) mass is 452 g/mol. The van der Waals surface area contributed by atoms with Gasteiger partial charge >= 0.3 is 5.97 Å². The molecule has 1 fully saturated rings. The van der Waals surface area contributed by atoms with E-state index in [-0.39, 0.29) is 24.7 Å². The van der Waals surface area contributed by atoms with Crippen molar-refractivity contribution in [1.82, 2.24) is 10.2 Å². The second-order valence-corrected chi connectivity index (χ2v) is 10.7. The molecule has 0 bridgehead atoms. The van der Waals surface area contributed by atoms with Gasteiger partial charge in [-0.25, -0.2) is 4.79 Å². The van der Waals surface area contributed by atoms with Crippen molar-refractivity contribution in [2.24, 2.45) is 0 Å². The zero-order valence-corrected chi connectivity index (χ0v) is 18.9. The van der Waals surface area contributed by atoms with Gasteiger partial charge in [-0.3, -0.25) is 14.2 Å². The van der Waals surface area contributed by atoms with Crippen LogP contribution in [-0.4, -0.2) is 63.6 Å². The molecule has 0 saturated carbocycles. The number of rotatable bonds is 12. The molecular weight excluding hydrogens is 419 g/mol. The standard InChI is InChI=1S/C22H33N2O6P/c1-2-3-10-18(22(27)28)23-21(26)19-11-7-14-24(19)20(25)13-16-31(29,30)15-12-17-8-5-4-6-9-17/h4-6,8-9,18-19H,2-3,7,10-16H2,1H3,(H,23,26)(H,27,28)(H,29,30)/t18-,19+/m0/s1. The molecule has 1 aromatic rings. The first-order valence-electron chi connectivity index (χ1n) is 10.9. The minimum Gasteiger partial charge on any atom is -0.480 e. The van der Waals surface area contributed by atoms with Crippen molar-refractivity contribution >= 4 is 25.2 Å². The van der Waals surface area contributed by atoms with Crippen LogP contribution in [0.5, 0.6) is 0 Å².